The Morgan fingerprint density at radius 2 is 1.80 bits per heavy atom. The predicted octanol–water partition coefficient (Wildman–Crippen LogP) is 1.68. The highest BCUT2D eigenvalue weighted by molar-refractivity contribution is 5.39. The molecule has 0 saturated heterocycles. The molecule has 0 spiro atoms. The summed E-state index contributed by atoms with van der Waals surface area (Å²) in [5.74, 6) is 0.965. The summed E-state index contributed by atoms with van der Waals surface area (Å²) in [6.07, 6.45) is 1.93. The zero-order valence-corrected chi connectivity index (χ0v) is 13.1. The molecule has 0 saturated carbocycles. The molecule has 0 aliphatic carbocycles. The molecule has 114 valence electrons. The fourth-order valence-corrected chi connectivity index (χ4v) is 1.77. The monoisotopic (exact) mass is 281 g/mol. The first-order valence-electron chi connectivity index (χ1n) is 7.08. The number of ether oxygens (including phenoxy) is 2. The Balaban J connectivity index is 2.61. The van der Waals surface area contributed by atoms with Crippen molar-refractivity contribution < 1.29 is 9.47 Å². The van der Waals surface area contributed by atoms with Gasteiger partial charge in [-0.05, 0) is 11.6 Å². The van der Waals surface area contributed by atoms with Gasteiger partial charge < -0.3 is 19.7 Å². The van der Waals surface area contributed by atoms with Gasteiger partial charge in [-0.3, -0.25) is 0 Å². The highest BCUT2D eigenvalue weighted by Crippen LogP contribution is 2.11. The number of hydrogen-bond acceptors (Lipinski definition) is 5. The van der Waals surface area contributed by atoms with Crippen LogP contribution in [-0.4, -0.2) is 51.5 Å². The molecule has 0 bridgehead atoms. The molecule has 5 nitrogen and oxygen atoms in total. The van der Waals surface area contributed by atoms with Gasteiger partial charge in [0.15, 0.2) is 0 Å². The molecule has 1 aromatic rings. The molecule has 5 heteroatoms. The smallest absolute Gasteiger partial charge is 0.128 e. The van der Waals surface area contributed by atoms with Crippen molar-refractivity contribution in [1.29, 1.82) is 0 Å². The van der Waals surface area contributed by atoms with Crippen molar-refractivity contribution in [3.05, 3.63) is 23.9 Å². The molecule has 1 rings (SSSR count). The van der Waals surface area contributed by atoms with Gasteiger partial charge in [-0.15, -0.1) is 0 Å². The number of nitrogens with one attached hydrogen (secondary N) is 1. The number of aromatic nitrogens is 1. The van der Waals surface area contributed by atoms with Gasteiger partial charge >= 0.3 is 0 Å². The van der Waals surface area contributed by atoms with Gasteiger partial charge in [0.2, 0.25) is 0 Å². The van der Waals surface area contributed by atoms with E-state index in [1.807, 2.05) is 6.20 Å². The molecule has 0 unspecified atom stereocenters. The fraction of sp³-hybridized carbons (Fsp3) is 0.667. The summed E-state index contributed by atoms with van der Waals surface area (Å²) in [5.41, 5.74) is 1.20. The van der Waals surface area contributed by atoms with E-state index in [2.05, 4.69) is 41.2 Å². The molecule has 1 aromatic heterocycles. The van der Waals surface area contributed by atoms with Crippen molar-refractivity contribution >= 4 is 5.82 Å². The van der Waals surface area contributed by atoms with Crippen LogP contribution in [0.1, 0.15) is 19.4 Å². The van der Waals surface area contributed by atoms with Crippen LogP contribution in [0.2, 0.25) is 0 Å². The molecular weight excluding hydrogens is 254 g/mol. The van der Waals surface area contributed by atoms with Gasteiger partial charge in [0.1, 0.15) is 5.82 Å². The van der Waals surface area contributed by atoms with Crippen molar-refractivity contribution in [2.24, 2.45) is 0 Å². The fourth-order valence-electron chi connectivity index (χ4n) is 1.77. The van der Waals surface area contributed by atoms with E-state index in [1.54, 1.807) is 14.2 Å². The molecular formula is C15H27N3O2. The molecule has 0 aliphatic heterocycles. The van der Waals surface area contributed by atoms with Crippen LogP contribution in [0.5, 0.6) is 0 Å². The maximum absolute atomic E-state index is 5.14. The number of hydrogen-bond donors (Lipinski definition) is 1. The van der Waals surface area contributed by atoms with Gasteiger partial charge in [-0.1, -0.05) is 19.9 Å². The second-order valence-electron chi connectivity index (χ2n) is 5.03. The van der Waals surface area contributed by atoms with Crippen LogP contribution >= 0.6 is 0 Å². The van der Waals surface area contributed by atoms with Crippen LogP contribution in [0.15, 0.2) is 18.3 Å². The van der Waals surface area contributed by atoms with Crippen molar-refractivity contribution in [2.75, 3.05) is 45.4 Å². The van der Waals surface area contributed by atoms with E-state index >= 15 is 0 Å². The third-order valence-corrected chi connectivity index (χ3v) is 2.98. The van der Waals surface area contributed by atoms with E-state index < -0.39 is 0 Å². The lowest BCUT2D eigenvalue weighted by Gasteiger charge is -2.23. The highest BCUT2D eigenvalue weighted by Gasteiger charge is 2.07. The Hall–Kier alpha value is -1.17. The number of anilines is 1. The molecule has 0 atom stereocenters. The second kappa shape index (κ2) is 9.69. The van der Waals surface area contributed by atoms with Crippen LogP contribution in [-0.2, 0) is 16.0 Å². The van der Waals surface area contributed by atoms with E-state index in [0.29, 0.717) is 19.3 Å². The second-order valence-corrected chi connectivity index (χ2v) is 5.03. The van der Waals surface area contributed by atoms with E-state index in [4.69, 9.17) is 9.47 Å². The van der Waals surface area contributed by atoms with Crippen LogP contribution in [0.25, 0.3) is 0 Å². The standard InChI is InChI=1S/C15H27N3O2/c1-13(2)16-11-14-5-6-15(17-12-14)18(7-9-19-3)8-10-20-4/h5-6,12-13,16H,7-11H2,1-4H3. The van der Waals surface area contributed by atoms with Gasteiger partial charge in [-0.2, -0.15) is 0 Å². The summed E-state index contributed by atoms with van der Waals surface area (Å²) in [7, 11) is 3.42. The largest absolute Gasteiger partial charge is 0.383 e. The Bertz CT molecular complexity index is 347. The Labute approximate surface area is 122 Å². The molecule has 0 radical (unpaired) electrons. The third kappa shape index (κ3) is 6.32. The summed E-state index contributed by atoms with van der Waals surface area (Å²) in [6, 6.07) is 4.65. The molecule has 0 aliphatic rings. The average Bonchev–Trinajstić information content (AvgIpc) is 2.46. The molecule has 0 fully saturated rings. The quantitative estimate of drug-likeness (QED) is 0.707. The predicted molar refractivity (Wildman–Crippen MR) is 82.2 cm³/mol. The minimum Gasteiger partial charge on any atom is -0.383 e. The van der Waals surface area contributed by atoms with Crippen molar-refractivity contribution in [3.8, 4) is 0 Å². The van der Waals surface area contributed by atoms with E-state index in [1.165, 1.54) is 5.56 Å². The van der Waals surface area contributed by atoms with Gasteiger partial charge in [-0.25, -0.2) is 4.98 Å². The van der Waals surface area contributed by atoms with Gasteiger partial charge in [0, 0.05) is 46.1 Å². The minimum atomic E-state index is 0.481. The summed E-state index contributed by atoms with van der Waals surface area (Å²) in [5, 5.41) is 3.39. The molecule has 0 aromatic carbocycles. The molecule has 20 heavy (non-hydrogen) atoms. The number of methoxy groups -OCH3 is 2. The molecule has 0 amide bonds. The van der Waals surface area contributed by atoms with Gasteiger partial charge in [0.25, 0.3) is 0 Å². The minimum absolute atomic E-state index is 0.481. The Kier molecular flexibility index (Phi) is 8.18. The number of pyridine rings is 1. The van der Waals surface area contributed by atoms with Gasteiger partial charge in [0.05, 0.1) is 13.2 Å². The lowest BCUT2D eigenvalue weighted by molar-refractivity contribution is 0.190. The topological polar surface area (TPSA) is 46.6 Å². The normalized spacial score (nSPS) is 11.1. The van der Waals surface area contributed by atoms with E-state index in [-0.39, 0.29) is 0 Å². The number of nitrogens with zero attached hydrogens (tertiary/aromatic N) is 2. The molecule has 1 heterocycles. The lowest BCUT2D eigenvalue weighted by Crippen LogP contribution is -2.31. The first-order chi connectivity index (χ1) is 9.67. The van der Waals surface area contributed by atoms with Crippen LogP contribution in [0.4, 0.5) is 5.82 Å². The van der Waals surface area contributed by atoms with E-state index in [0.717, 1.165) is 25.5 Å². The average molecular weight is 281 g/mol. The summed E-state index contributed by atoms with van der Waals surface area (Å²) >= 11 is 0. The van der Waals surface area contributed by atoms with E-state index in [9.17, 15) is 0 Å². The first kappa shape index (κ1) is 16.9. The zero-order chi connectivity index (χ0) is 14.8. The number of rotatable bonds is 10. The summed E-state index contributed by atoms with van der Waals surface area (Å²) in [4.78, 5) is 6.71. The maximum atomic E-state index is 5.14. The van der Waals surface area contributed by atoms with Crippen molar-refractivity contribution in [1.82, 2.24) is 10.3 Å². The van der Waals surface area contributed by atoms with Crippen LogP contribution < -0.4 is 10.2 Å². The lowest BCUT2D eigenvalue weighted by atomic mass is 10.2. The first-order valence-corrected chi connectivity index (χ1v) is 7.08. The van der Waals surface area contributed by atoms with Crippen LogP contribution in [0, 0.1) is 0 Å². The molecule has 1 N–H and O–H groups in total. The highest BCUT2D eigenvalue weighted by atomic mass is 16.5. The van der Waals surface area contributed by atoms with Crippen molar-refractivity contribution in [2.45, 2.75) is 26.4 Å². The SMILES string of the molecule is COCCN(CCOC)c1ccc(CNC(C)C)cn1. The Morgan fingerprint density at radius 3 is 2.25 bits per heavy atom. The summed E-state index contributed by atoms with van der Waals surface area (Å²) in [6.45, 7) is 8.12. The Morgan fingerprint density at radius 1 is 1.15 bits per heavy atom. The third-order valence-electron chi connectivity index (χ3n) is 2.98. The summed E-state index contributed by atoms with van der Waals surface area (Å²) < 4.78 is 10.3. The van der Waals surface area contributed by atoms with Crippen LogP contribution in [0.3, 0.4) is 0 Å². The van der Waals surface area contributed by atoms with Crippen molar-refractivity contribution in [3.63, 3.8) is 0 Å². The maximum Gasteiger partial charge on any atom is 0.128 e. The zero-order valence-electron chi connectivity index (χ0n) is 13.1.